The zero-order valence-electron chi connectivity index (χ0n) is 6.60. The van der Waals surface area contributed by atoms with Crippen LogP contribution in [-0.2, 0) is 0 Å². The SMILES string of the molecule is CC(=O)c1ccc(N)c(N)c1I. The number of halogens is 1. The van der Waals surface area contributed by atoms with E-state index in [9.17, 15) is 4.79 Å². The van der Waals surface area contributed by atoms with Gasteiger partial charge in [-0.1, -0.05) is 0 Å². The molecule has 1 rings (SSSR count). The molecule has 0 bridgehead atoms. The summed E-state index contributed by atoms with van der Waals surface area (Å²) in [6.45, 7) is 1.51. The minimum absolute atomic E-state index is 0.00565. The molecule has 0 aliphatic rings. The van der Waals surface area contributed by atoms with Crippen LogP contribution in [0.5, 0.6) is 0 Å². The molecule has 12 heavy (non-hydrogen) atoms. The molecule has 64 valence electrons. The molecule has 1 aromatic carbocycles. The van der Waals surface area contributed by atoms with Gasteiger partial charge >= 0.3 is 0 Å². The van der Waals surface area contributed by atoms with Gasteiger partial charge in [0.25, 0.3) is 0 Å². The van der Waals surface area contributed by atoms with Crippen LogP contribution in [0.25, 0.3) is 0 Å². The molecule has 0 atom stereocenters. The van der Waals surface area contributed by atoms with Crippen molar-refractivity contribution in [1.29, 1.82) is 0 Å². The number of ketones is 1. The summed E-state index contributed by atoms with van der Waals surface area (Å²) in [6, 6.07) is 3.34. The second-order valence-corrected chi connectivity index (χ2v) is 3.56. The summed E-state index contributed by atoms with van der Waals surface area (Å²) in [6.07, 6.45) is 0. The van der Waals surface area contributed by atoms with E-state index in [2.05, 4.69) is 0 Å². The Morgan fingerprint density at radius 2 is 2.00 bits per heavy atom. The van der Waals surface area contributed by atoms with Crippen molar-refractivity contribution >= 4 is 39.7 Å². The monoisotopic (exact) mass is 276 g/mol. The van der Waals surface area contributed by atoms with Crippen LogP contribution in [0.2, 0.25) is 0 Å². The lowest BCUT2D eigenvalue weighted by molar-refractivity contribution is 0.101. The molecule has 0 aromatic heterocycles. The Morgan fingerprint density at radius 3 is 2.50 bits per heavy atom. The first kappa shape index (κ1) is 9.31. The maximum atomic E-state index is 11.0. The molecule has 0 spiro atoms. The number of hydrogen-bond acceptors (Lipinski definition) is 3. The van der Waals surface area contributed by atoms with Crippen molar-refractivity contribution in [2.24, 2.45) is 0 Å². The molecule has 3 nitrogen and oxygen atoms in total. The second kappa shape index (κ2) is 3.30. The highest BCUT2D eigenvalue weighted by atomic mass is 127. The highest BCUT2D eigenvalue weighted by Crippen LogP contribution is 2.25. The Bertz CT molecular complexity index is 336. The molecule has 0 unspecified atom stereocenters. The normalized spacial score (nSPS) is 9.83. The second-order valence-electron chi connectivity index (χ2n) is 2.49. The van der Waals surface area contributed by atoms with Gasteiger partial charge in [0.05, 0.1) is 11.4 Å². The van der Waals surface area contributed by atoms with Crippen LogP contribution in [0.15, 0.2) is 12.1 Å². The fourth-order valence-corrected chi connectivity index (χ4v) is 1.75. The number of carbonyl (C=O) groups excluding carboxylic acids is 1. The maximum absolute atomic E-state index is 11.0. The molecule has 0 amide bonds. The fourth-order valence-electron chi connectivity index (χ4n) is 0.880. The van der Waals surface area contributed by atoms with Gasteiger partial charge in [-0.15, -0.1) is 0 Å². The average Bonchev–Trinajstić information content (AvgIpc) is 2.00. The van der Waals surface area contributed by atoms with Crippen LogP contribution < -0.4 is 11.5 Å². The minimum atomic E-state index is 0.00565. The summed E-state index contributed by atoms with van der Waals surface area (Å²) in [7, 11) is 0. The Kier molecular flexibility index (Phi) is 2.56. The van der Waals surface area contributed by atoms with Gasteiger partial charge in [-0.05, 0) is 41.6 Å². The van der Waals surface area contributed by atoms with Crippen molar-refractivity contribution < 1.29 is 4.79 Å². The number of nitrogens with two attached hydrogens (primary N) is 2. The lowest BCUT2D eigenvalue weighted by atomic mass is 10.1. The first-order chi connectivity index (χ1) is 5.54. The van der Waals surface area contributed by atoms with Gasteiger partial charge < -0.3 is 11.5 Å². The van der Waals surface area contributed by atoms with E-state index < -0.39 is 0 Å². The number of nitrogen functional groups attached to an aromatic ring is 2. The number of benzene rings is 1. The van der Waals surface area contributed by atoms with Crippen LogP contribution in [0, 0.1) is 3.57 Å². The van der Waals surface area contributed by atoms with Gasteiger partial charge in [0.2, 0.25) is 0 Å². The summed E-state index contributed by atoms with van der Waals surface area (Å²) in [5, 5.41) is 0. The lowest BCUT2D eigenvalue weighted by Crippen LogP contribution is -2.03. The third-order valence-electron chi connectivity index (χ3n) is 1.59. The van der Waals surface area contributed by atoms with Crippen molar-refractivity contribution in [2.45, 2.75) is 6.92 Å². The summed E-state index contributed by atoms with van der Waals surface area (Å²) in [5.41, 5.74) is 12.8. The zero-order chi connectivity index (χ0) is 9.30. The van der Waals surface area contributed by atoms with Crippen molar-refractivity contribution in [3.63, 3.8) is 0 Å². The van der Waals surface area contributed by atoms with E-state index in [4.69, 9.17) is 11.5 Å². The van der Waals surface area contributed by atoms with E-state index >= 15 is 0 Å². The van der Waals surface area contributed by atoms with Crippen molar-refractivity contribution in [1.82, 2.24) is 0 Å². The van der Waals surface area contributed by atoms with Gasteiger partial charge in [-0.2, -0.15) is 0 Å². The molecule has 4 heteroatoms. The molecule has 0 radical (unpaired) electrons. The molecule has 0 heterocycles. The highest BCUT2D eigenvalue weighted by Gasteiger charge is 2.09. The third-order valence-corrected chi connectivity index (χ3v) is 2.75. The third kappa shape index (κ3) is 1.52. The standard InChI is InChI=1S/C8H9IN2O/c1-4(12)5-2-3-6(10)8(11)7(5)9/h2-3H,10-11H2,1H3. The first-order valence-corrected chi connectivity index (χ1v) is 4.46. The van der Waals surface area contributed by atoms with Crippen molar-refractivity contribution in [3.05, 3.63) is 21.3 Å². The summed E-state index contributed by atoms with van der Waals surface area (Å²) in [5.74, 6) is 0.00565. The largest absolute Gasteiger partial charge is 0.397 e. The minimum Gasteiger partial charge on any atom is -0.397 e. The average molecular weight is 276 g/mol. The van der Waals surface area contributed by atoms with Crippen molar-refractivity contribution in [2.75, 3.05) is 11.5 Å². The quantitative estimate of drug-likeness (QED) is 0.465. The van der Waals surface area contributed by atoms with Gasteiger partial charge in [0, 0.05) is 9.13 Å². The lowest BCUT2D eigenvalue weighted by Gasteiger charge is -2.05. The van der Waals surface area contributed by atoms with Crippen LogP contribution >= 0.6 is 22.6 Å². The summed E-state index contributed by atoms with van der Waals surface area (Å²) < 4.78 is 0.736. The number of carbonyl (C=O) groups is 1. The highest BCUT2D eigenvalue weighted by molar-refractivity contribution is 14.1. The zero-order valence-corrected chi connectivity index (χ0v) is 8.75. The van der Waals surface area contributed by atoms with Gasteiger partial charge in [-0.25, -0.2) is 0 Å². The Hall–Kier alpha value is -0.780. The molecular weight excluding hydrogens is 267 g/mol. The smallest absolute Gasteiger partial charge is 0.160 e. The first-order valence-electron chi connectivity index (χ1n) is 3.38. The Labute approximate surface area is 84.3 Å². The molecule has 0 aliphatic heterocycles. The Morgan fingerprint density at radius 1 is 1.42 bits per heavy atom. The Balaban J connectivity index is 3.36. The summed E-state index contributed by atoms with van der Waals surface area (Å²) in [4.78, 5) is 11.0. The van der Waals surface area contributed by atoms with Crippen LogP contribution in [0.3, 0.4) is 0 Å². The molecule has 4 N–H and O–H groups in total. The maximum Gasteiger partial charge on any atom is 0.160 e. The van der Waals surface area contributed by atoms with Crippen molar-refractivity contribution in [3.8, 4) is 0 Å². The van der Waals surface area contributed by atoms with Gasteiger partial charge in [-0.3, -0.25) is 4.79 Å². The van der Waals surface area contributed by atoms with E-state index in [-0.39, 0.29) is 5.78 Å². The molecule has 0 saturated heterocycles. The number of rotatable bonds is 1. The fraction of sp³-hybridized carbons (Fsp3) is 0.125. The van der Waals surface area contributed by atoms with E-state index in [1.165, 1.54) is 6.92 Å². The number of hydrogen-bond donors (Lipinski definition) is 2. The molecule has 1 aromatic rings. The van der Waals surface area contributed by atoms with Gasteiger partial charge in [0.1, 0.15) is 0 Å². The molecular formula is C8H9IN2O. The van der Waals surface area contributed by atoms with E-state index in [0.717, 1.165) is 3.57 Å². The molecule has 0 aliphatic carbocycles. The van der Waals surface area contributed by atoms with Crippen LogP contribution in [-0.4, -0.2) is 5.78 Å². The van der Waals surface area contributed by atoms with E-state index in [1.807, 2.05) is 22.6 Å². The molecule has 0 saturated carbocycles. The van der Waals surface area contributed by atoms with Crippen LogP contribution in [0.1, 0.15) is 17.3 Å². The van der Waals surface area contributed by atoms with E-state index in [1.54, 1.807) is 12.1 Å². The molecule has 0 fully saturated rings. The number of Topliss-reactive ketones (excluding diaryl/α,β-unsaturated/α-hetero) is 1. The summed E-state index contributed by atoms with van der Waals surface area (Å²) >= 11 is 2.02. The van der Waals surface area contributed by atoms with Gasteiger partial charge in [0.15, 0.2) is 5.78 Å². The van der Waals surface area contributed by atoms with Crippen LogP contribution in [0.4, 0.5) is 11.4 Å². The van der Waals surface area contributed by atoms with E-state index in [0.29, 0.717) is 16.9 Å². The number of anilines is 2. The topological polar surface area (TPSA) is 69.1 Å². The predicted octanol–water partition coefficient (Wildman–Crippen LogP) is 1.66. The predicted molar refractivity (Wildman–Crippen MR) is 58.0 cm³/mol.